The molecule has 1 N–H and O–H groups in total. The van der Waals surface area contributed by atoms with Gasteiger partial charge < -0.3 is 10.2 Å². The van der Waals surface area contributed by atoms with Crippen molar-refractivity contribution < 1.29 is 13.2 Å². The molecule has 0 unspecified atom stereocenters. The van der Waals surface area contributed by atoms with E-state index in [-0.39, 0.29) is 5.91 Å². The number of carbonyl (C=O) groups is 1. The number of hydrogen-bond acceptors (Lipinski definition) is 4. The van der Waals surface area contributed by atoms with E-state index in [1.54, 1.807) is 13.0 Å². The lowest BCUT2D eigenvalue weighted by molar-refractivity contribution is -0.121. The van der Waals surface area contributed by atoms with Crippen molar-refractivity contribution in [3.63, 3.8) is 0 Å². The molecule has 0 aliphatic rings. The van der Waals surface area contributed by atoms with Crippen molar-refractivity contribution >= 4 is 27.3 Å². The number of benzene rings is 2. The Labute approximate surface area is 168 Å². The van der Waals surface area contributed by atoms with Gasteiger partial charge in [0.25, 0.3) is 0 Å². The van der Waals surface area contributed by atoms with Gasteiger partial charge in [-0.3, -0.25) is 9.10 Å². The Hall–Kier alpha value is -2.54. The standard InChI is InChI=1S/C21H29N3O3S/c1-16-11-12-17(2)20(15-16)24(28(5,26)27)18(3)21(25)22-13-14-23(4)19-9-7-6-8-10-19/h6-12,15,18H,13-14H2,1-5H3,(H,22,25)/t18-/m0/s1. The van der Waals surface area contributed by atoms with E-state index in [4.69, 9.17) is 0 Å². The Kier molecular flexibility index (Phi) is 7.07. The minimum atomic E-state index is -3.62. The van der Waals surface area contributed by atoms with Crippen molar-refractivity contribution in [2.24, 2.45) is 0 Å². The maximum Gasteiger partial charge on any atom is 0.243 e. The summed E-state index contributed by atoms with van der Waals surface area (Å²) >= 11 is 0. The van der Waals surface area contributed by atoms with Crippen LogP contribution in [0.15, 0.2) is 48.5 Å². The fourth-order valence-electron chi connectivity index (χ4n) is 3.04. The van der Waals surface area contributed by atoms with Crippen LogP contribution in [0.1, 0.15) is 18.1 Å². The number of para-hydroxylation sites is 1. The summed E-state index contributed by atoms with van der Waals surface area (Å²) in [4.78, 5) is 14.7. The highest BCUT2D eigenvalue weighted by molar-refractivity contribution is 7.92. The van der Waals surface area contributed by atoms with E-state index >= 15 is 0 Å². The third-order valence-corrected chi connectivity index (χ3v) is 5.86. The summed E-state index contributed by atoms with van der Waals surface area (Å²) in [7, 11) is -1.68. The summed E-state index contributed by atoms with van der Waals surface area (Å²) in [6.07, 6.45) is 1.13. The average molecular weight is 404 g/mol. The molecule has 0 aliphatic heterocycles. The van der Waals surface area contributed by atoms with Crippen LogP contribution in [0, 0.1) is 13.8 Å². The molecule has 7 heteroatoms. The molecule has 0 aliphatic carbocycles. The molecule has 2 rings (SSSR count). The predicted molar refractivity (Wildman–Crippen MR) is 115 cm³/mol. The van der Waals surface area contributed by atoms with Crippen molar-refractivity contribution in [1.82, 2.24) is 5.32 Å². The lowest BCUT2D eigenvalue weighted by atomic mass is 10.1. The number of nitrogens with one attached hydrogen (secondary N) is 1. The maximum absolute atomic E-state index is 12.7. The van der Waals surface area contributed by atoms with Crippen LogP contribution >= 0.6 is 0 Å². The first kappa shape index (κ1) is 21.8. The summed E-state index contributed by atoms with van der Waals surface area (Å²) in [5, 5.41) is 2.85. The number of sulfonamides is 1. The zero-order valence-corrected chi connectivity index (χ0v) is 18.0. The molecule has 2 aromatic rings. The first-order chi connectivity index (χ1) is 13.1. The second-order valence-electron chi connectivity index (χ2n) is 7.07. The monoisotopic (exact) mass is 403 g/mol. The summed E-state index contributed by atoms with van der Waals surface area (Å²) in [5.74, 6) is -0.326. The fraction of sp³-hybridized carbons (Fsp3) is 0.381. The van der Waals surface area contributed by atoms with Gasteiger partial charge in [0.2, 0.25) is 15.9 Å². The Morgan fingerprint density at radius 3 is 2.36 bits per heavy atom. The number of hydrogen-bond donors (Lipinski definition) is 1. The highest BCUT2D eigenvalue weighted by Gasteiger charge is 2.30. The largest absolute Gasteiger partial charge is 0.373 e. The van der Waals surface area contributed by atoms with Crippen molar-refractivity contribution in [2.45, 2.75) is 26.8 Å². The van der Waals surface area contributed by atoms with E-state index in [2.05, 4.69) is 5.32 Å². The molecule has 0 saturated heterocycles. The van der Waals surface area contributed by atoms with Crippen molar-refractivity contribution in [3.8, 4) is 0 Å². The molecule has 0 saturated carbocycles. The third kappa shape index (κ3) is 5.48. The molecular formula is C21H29N3O3S. The molecule has 2 aromatic carbocycles. The summed E-state index contributed by atoms with van der Waals surface area (Å²) < 4.78 is 26.1. The van der Waals surface area contributed by atoms with Crippen molar-refractivity contribution in [3.05, 3.63) is 59.7 Å². The van der Waals surface area contributed by atoms with Gasteiger partial charge in [0.1, 0.15) is 6.04 Å². The third-order valence-electron chi connectivity index (χ3n) is 4.63. The number of aryl methyl sites for hydroxylation is 2. The van der Waals surface area contributed by atoms with Crippen LogP contribution in [-0.2, 0) is 14.8 Å². The number of carbonyl (C=O) groups excluding carboxylic acids is 1. The number of nitrogens with zero attached hydrogens (tertiary/aromatic N) is 2. The van der Waals surface area contributed by atoms with E-state index in [0.29, 0.717) is 18.8 Å². The number of likely N-dealkylation sites (N-methyl/N-ethyl adjacent to an activating group) is 1. The Bertz CT molecular complexity index is 914. The normalized spacial score (nSPS) is 12.3. The van der Waals surface area contributed by atoms with Gasteiger partial charge >= 0.3 is 0 Å². The Morgan fingerprint density at radius 1 is 1.11 bits per heavy atom. The molecule has 152 valence electrons. The lowest BCUT2D eigenvalue weighted by Crippen LogP contribution is -2.49. The minimum absolute atomic E-state index is 0.326. The van der Waals surface area contributed by atoms with Crippen LogP contribution in [0.3, 0.4) is 0 Å². The second-order valence-corrected chi connectivity index (χ2v) is 8.93. The first-order valence-electron chi connectivity index (χ1n) is 9.22. The van der Waals surface area contributed by atoms with Gasteiger partial charge in [-0.25, -0.2) is 8.42 Å². The predicted octanol–water partition coefficient (Wildman–Crippen LogP) is 2.71. The molecule has 28 heavy (non-hydrogen) atoms. The molecule has 6 nitrogen and oxygen atoms in total. The Balaban J connectivity index is 2.09. The summed E-state index contributed by atoms with van der Waals surface area (Å²) in [6, 6.07) is 14.6. The van der Waals surface area contributed by atoms with Gasteiger partial charge in [-0.1, -0.05) is 30.3 Å². The molecule has 1 atom stereocenters. The van der Waals surface area contributed by atoms with E-state index in [1.807, 2.05) is 68.3 Å². The average Bonchev–Trinajstić information content (AvgIpc) is 2.64. The number of amides is 1. The van der Waals surface area contributed by atoms with Crippen LogP contribution in [0.2, 0.25) is 0 Å². The number of anilines is 2. The highest BCUT2D eigenvalue weighted by atomic mass is 32.2. The van der Waals surface area contributed by atoms with Gasteiger partial charge in [-0.2, -0.15) is 0 Å². The molecule has 0 aromatic heterocycles. The van der Waals surface area contributed by atoms with Crippen molar-refractivity contribution in [2.75, 3.05) is 35.6 Å². The number of rotatable bonds is 8. The van der Waals surface area contributed by atoms with Gasteiger partial charge in [0, 0.05) is 25.8 Å². The van der Waals surface area contributed by atoms with Crippen LogP contribution < -0.4 is 14.5 Å². The molecule has 1 amide bonds. The van der Waals surface area contributed by atoms with Crippen LogP contribution in [0.5, 0.6) is 0 Å². The fourth-order valence-corrected chi connectivity index (χ4v) is 4.27. The SMILES string of the molecule is Cc1ccc(C)c(N([C@@H](C)C(=O)NCCN(C)c2ccccc2)S(C)(=O)=O)c1. The van der Waals surface area contributed by atoms with Crippen LogP contribution in [0.4, 0.5) is 11.4 Å². The van der Waals surface area contributed by atoms with Gasteiger partial charge in [-0.05, 0) is 50.1 Å². The second kappa shape index (κ2) is 9.10. The van der Waals surface area contributed by atoms with E-state index in [0.717, 1.165) is 23.1 Å². The molecule has 0 bridgehead atoms. The Morgan fingerprint density at radius 2 is 1.75 bits per heavy atom. The maximum atomic E-state index is 12.7. The van der Waals surface area contributed by atoms with Gasteiger partial charge in [-0.15, -0.1) is 0 Å². The lowest BCUT2D eigenvalue weighted by Gasteiger charge is -2.30. The van der Waals surface area contributed by atoms with Gasteiger partial charge in [0.05, 0.1) is 11.9 Å². The quantitative estimate of drug-likeness (QED) is 0.736. The summed E-state index contributed by atoms with van der Waals surface area (Å²) in [5.41, 5.74) is 3.33. The zero-order valence-electron chi connectivity index (χ0n) is 17.1. The molecule has 0 spiro atoms. The van der Waals surface area contributed by atoms with Crippen LogP contribution in [0.25, 0.3) is 0 Å². The smallest absolute Gasteiger partial charge is 0.243 e. The molecular weight excluding hydrogens is 374 g/mol. The minimum Gasteiger partial charge on any atom is -0.373 e. The first-order valence-corrected chi connectivity index (χ1v) is 11.1. The van der Waals surface area contributed by atoms with E-state index in [1.165, 1.54) is 4.31 Å². The van der Waals surface area contributed by atoms with Gasteiger partial charge in [0.15, 0.2) is 0 Å². The van der Waals surface area contributed by atoms with Crippen LogP contribution in [-0.4, -0.2) is 46.8 Å². The molecule has 0 radical (unpaired) electrons. The molecule has 0 heterocycles. The summed E-state index contributed by atoms with van der Waals surface area (Å²) in [6.45, 7) is 6.38. The van der Waals surface area contributed by atoms with E-state index < -0.39 is 16.1 Å². The topological polar surface area (TPSA) is 69.7 Å². The highest BCUT2D eigenvalue weighted by Crippen LogP contribution is 2.26. The van der Waals surface area contributed by atoms with E-state index in [9.17, 15) is 13.2 Å². The molecule has 0 fully saturated rings. The van der Waals surface area contributed by atoms with Crippen molar-refractivity contribution in [1.29, 1.82) is 0 Å². The zero-order chi connectivity index (χ0) is 20.9.